The Labute approximate surface area is 168 Å². The number of nitrogens with one attached hydrogen (secondary N) is 1. The van der Waals surface area contributed by atoms with Crippen molar-refractivity contribution in [3.63, 3.8) is 0 Å². The Balaban J connectivity index is 1.36. The van der Waals surface area contributed by atoms with Crippen LogP contribution in [0.4, 0.5) is 5.69 Å². The number of benzene rings is 1. The second-order valence-corrected chi connectivity index (χ2v) is 10.5. The van der Waals surface area contributed by atoms with E-state index in [0.29, 0.717) is 25.3 Å². The molecule has 0 radical (unpaired) electrons. The summed E-state index contributed by atoms with van der Waals surface area (Å²) < 4.78 is 27.0. The third kappa shape index (κ3) is 4.42. The van der Waals surface area contributed by atoms with Crippen molar-refractivity contribution in [2.45, 2.75) is 49.8 Å². The number of amides is 1. The van der Waals surface area contributed by atoms with Gasteiger partial charge in [0.25, 0.3) is 0 Å². The van der Waals surface area contributed by atoms with Crippen LogP contribution in [0.3, 0.4) is 0 Å². The summed E-state index contributed by atoms with van der Waals surface area (Å²) >= 11 is 0. The summed E-state index contributed by atoms with van der Waals surface area (Å²) in [6.45, 7) is 3.54. The number of rotatable bonds is 5. The molecular weight excluding hydrogens is 374 g/mol. The van der Waals surface area contributed by atoms with Gasteiger partial charge in [0, 0.05) is 25.3 Å². The van der Waals surface area contributed by atoms with Gasteiger partial charge in [-0.3, -0.25) is 9.69 Å². The molecule has 2 heterocycles. The van der Waals surface area contributed by atoms with Crippen LogP contribution in [0.25, 0.3) is 0 Å². The highest BCUT2D eigenvalue weighted by atomic mass is 32.2. The molecule has 1 amide bonds. The van der Waals surface area contributed by atoms with E-state index in [1.54, 1.807) is 24.3 Å². The molecule has 6 nitrogen and oxygen atoms in total. The molecule has 0 bridgehead atoms. The van der Waals surface area contributed by atoms with E-state index in [1.807, 2.05) is 0 Å². The van der Waals surface area contributed by atoms with Crippen LogP contribution in [-0.2, 0) is 14.8 Å². The van der Waals surface area contributed by atoms with E-state index in [4.69, 9.17) is 0 Å². The largest absolute Gasteiger partial charge is 0.325 e. The lowest BCUT2D eigenvalue weighted by Gasteiger charge is -2.41. The van der Waals surface area contributed by atoms with Crippen LogP contribution >= 0.6 is 0 Å². The Hall–Kier alpha value is -1.44. The van der Waals surface area contributed by atoms with Gasteiger partial charge in [0.15, 0.2) is 0 Å². The highest BCUT2D eigenvalue weighted by Gasteiger charge is 2.32. The van der Waals surface area contributed by atoms with Crippen molar-refractivity contribution in [1.29, 1.82) is 0 Å². The molecule has 154 valence electrons. The number of sulfonamides is 1. The molecule has 1 aliphatic carbocycles. The standard InChI is InChI=1S/C21H31N3O3S/c25-21(16-23-13-10-17-6-1-2-7-18(17)15-23)22-19-8-5-9-20(14-19)28(26,27)24-11-3-4-12-24/h5,8-9,14,17-18H,1-4,6-7,10-13,15-16H2,(H,22,25). The minimum atomic E-state index is -3.47. The number of hydrogen-bond acceptors (Lipinski definition) is 4. The van der Waals surface area contributed by atoms with Gasteiger partial charge in [-0.25, -0.2) is 8.42 Å². The van der Waals surface area contributed by atoms with Gasteiger partial charge in [-0.1, -0.05) is 25.3 Å². The molecule has 1 aromatic carbocycles. The minimum Gasteiger partial charge on any atom is -0.325 e. The molecule has 2 atom stereocenters. The predicted octanol–water partition coefficient (Wildman–Crippen LogP) is 2.92. The van der Waals surface area contributed by atoms with Gasteiger partial charge >= 0.3 is 0 Å². The molecule has 4 rings (SSSR count). The zero-order valence-electron chi connectivity index (χ0n) is 16.5. The Kier molecular flexibility index (Phi) is 6.04. The number of anilines is 1. The predicted molar refractivity (Wildman–Crippen MR) is 110 cm³/mol. The molecule has 3 aliphatic rings. The second-order valence-electron chi connectivity index (χ2n) is 8.52. The van der Waals surface area contributed by atoms with E-state index in [1.165, 1.54) is 36.4 Å². The monoisotopic (exact) mass is 405 g/mol. The van der Waals surface area contributed by atoms with Gasteiger partial charge < -0.3 is 5.32 Å². The van der Waals surface area contributed by atoms with Crippen molar-refractivity contribution in [1.82, 2.24) is 9.21 Å². The SMILES string of the molecule is O=C(CN1CCC2CCCCC2C1)Nc1cccc(S(=O)(=O)N2CCCC2)c1. The number of likely N-dealkylation sites (tertiary alicyclic amines) is 1. The van der Waals surface area contributed by atoms with E-state index in [2.05, 4.69) is 10.2 Å². The summed E-state index contributed by atoms with van der Waals surface area (Å²) in [5.74, 6) is 1.52. The van der Waals surface area contributed by atoms with Crippen molar-refractivity contribution < 1.29 is 13.2 Å². The van der Waals surface area contributed by atoms with Gasteiger partial charge in [0.1, 0.15) is 0 Å². The fourth-order valence-electron chi connectivity index (χ4n) is 5.04. The fraction of sp³-hybridized carbons (Fsp3) is 0.667. The Morgan fingerprint density at radius 3 is 2.54 bits per heavy atom. The van der Waals surface area contributed by atoms with E-state index in [9.17, 15) is 13.2 Å². The number of carbonyl (C=O) groups excluding carboxylic acids is 1. The summed E-state index contributed by atoms with van der Waals surface area (Å²) in [7, 11) is -3.47. The first kappa shape index (κ1) is 19.9. The Bertz CT molecular complexity index is 805. The number of piperidine rings is 1. The number of carbonyl (C=O) groups is 1. The van der Waals surface area contributed by atoms with Gasteiger partial charge in [-0.15, -0.1) is 0 Å². The molecule has 0 aromatic heterocycles. The third-order valence-electron chi connectivity index (χ3n) is 6.56. The van der Waals surface area contributed by atoms with Crippen molar-refractivity contribution in [3.8, 4) is 0 Å². The molecule has 3 fully saturated rings. The summed E-state index contributed by atoms with van der Waals surface area (Å²) in [4.78, 5) is 15.1. The maximum atomic E-state index is 12.7. The summed E-state index contributed by atoms with van der Waals surface area (Å²) in [5, 5.41) is 2.90. The molecule has 7 heteroatoms. The molecule has 1 saturated carbocycles. The van der Waals surface area contributed by atoms with Crippen LogP contribution in [0.1, 0.15) is 44.9 Å². The van der Waals surface area contributed by atoms with Crippen molar-refractivity contribution in [2.75, 3.05) is 38.0 Å². The van der Waals surface area contributed by atoms with Gasteiger partial charge in [-0.2, -0.15) is 4.31 Å². The lowest BCUT2D eigenvalue weighted by atomic mass is 9.75. The van der Waals surface area contributed by atoms with Crippen molar-refractivity contribution in [3.05, 3.63) is 24.3 Å². The Morgan fingerprint density at radius 2 is 1.75 bits per heavy atom. The molecule has 2 aliphatic heterocycles. The molecule has 2 saturated heterocycles. The van der Waals surface area contributed by atoms with Crippen LogP contribution in [0.2, 0.25) is 0 Å². The molecule has 1 N–H and O–H groups in total. The third-order valence-corrected chi connectivity index (χ3v) is 8.46. The smallest absolute Gasteiger partial charge is 0.243 e. The number of nitrogens with zero attached hydrogens (tertiary/aromatic N) is 2. The Morgan fingerprint density at radius 1 is 1.00 bits per heavy atom. The quantitative estimate of drug-likeness (QED) is 0.818. The topological polar surface area (TPSA) is 69.7 Å². The zero-order chi connectivity index (χ0) is 19.6. The first-order valence-electron chi connectivity index (χ1n) is 10.6. The van der Waals surface area contributed by atoms with Crippen LogP contribution < -0.4 is 5.32 Å². The zero-order valence-corrected chi connectivity index (χ0v) is 17.3. The highest BCUT2D eigenvalue weighted by Crippen LogP contribution is 2.35. The van der Waals surface area contributed by atoms with E-state index in [-0.39, 0.29) is 10.8 Å². The normalized spacial score (nSPS) is 26.7. The highest BCUT2D eigenvalue weighted by molar-refractivity contribution is 7.89. The average Bonchev–Trinajstić information content (AvgIpc) is 3.24. The lowest BCUT2D eigenvalue weighted by Crippen LogP contribution is -2.44. The van der Waals surface area contributed by atoms with Crippen molar-refractivity contribution in [2.24, 2.45) is 11.8 Å². The molecule has 2 unspecified atom stereocenters. The van der Waals surface area contributed by atoms with Crippen LogP contribution in [-0.4, -0.2) is 56.3 Å². The van der Waals surface area contributed by atoms with Gasteiger partial charge in [0.05, 0.1) is 11.4 Å². The van der Waals surface area contributed by atoms with E-state index in [0.717, 1.165) is 37.8 Å². The van der Waals surface area contributed by atoms with Gasteiger partial charge in [-0.05, 0) is 62.3 Å². The summed E-state index contributed by atoms with van der Waals surface area (Å²) in [5.41, 5.74) is 0.554. The molecule has 1 aromatic rings. The van der Waals surface area contributed by atoms with Crippen LogP contribution in [0, 0.1) is 11.8 Å². The van der Waals surface area contributed by atoms with Gasteiger partial charge in [0.2, 0.25) is 15.9 Å². The molecular formula is C21H31N3O3S. The maximum absolute atomic E-state index is 12.7. The maximum Gasteiger partial charge on any atom is 0.243 e. The average molecular weight is 406 g/mol. The summed E-state index contributed by atoms with van der Waals surface area (Å²) in [6, 6.07) is 6.65. The van der Waals surface area contributed by atoms with E-state index < -0.39 is 10.0 Å². The summed E-state index contributed by atoms with van der Waals surface area (Å²) in [6.07, 6.45) is 8.34. The second kappa shape index (κ2) is 8.51. The fourth-order valence-corrected chi connectivity index (χ4v) is 6.60. The van der Waals surface area contributed by atoms with Crippen molar-refractivity contribution >= 4 is 21.6 Å². The number of hydrogen-bond donors (Lipinski definition) is 1. The first-order valence-corrected chi connectivity index (χ1v) is 12.1. The lowest BCUT2D eigenvalue weighted by molar-refractivity contribution is -0.118. The first-order chi connectivity index (χ1) is 13.5. The minimum absolute atomic E-state index is 0.0648. The number of fused-ring (bicyclic) bond motifs is 1. The van der Waals surface area contributed by atoms with Crippen LogP contribution in [0.5, 0.6) is 0 Å². The molecule has 28 heavy (non-hydrogen) atoms. The molecule has 0 spiro atoms. The van der Waals surface area contributed by atoms with Crippen LogP contribution in [0.15, 0.2) is 29.2 Å². The van der Waals surface area contributed by atoms with E-state index >= 15 is 0 Å².